The minimum atomic E-state index is 0.239. The molecule has 3 rings (SSSR count). The number of hydrogen-bond donors (Lipinski definition) is 1. The van der Waals surface area contributed by atoms with Crippen LogP contribution in [0.3, 0.4) is 0 Å². The van der Waals surface area contributed by atoms with Gasteiger partial charge in [0, 0.05) is 25.5 Å². The lowest BCUT2D eigenvalue weighted by molar-refractivity contribution is 0.263. The van der Waals surface area contributed by atoms with Gasteiger partial charge in [-0.05, 0) is 17.8 Å². The van der Waals surface area contributed by atoms with Crippen LogP contribution < -0.4 is 10.6 Å². The maximum Gasteiger partial charge on any atom is 0.241 e. The van der Waals surface area contributed by atoms with Gasteiger partial charge in [0.1, 0.15) is 6.33 Å². The first kappa shape index (κ1) is 13.8. The van der Waals surface area contributed by atoms with E-state index in [0.717, 1.165) is 19.5 Å². The van der Waals surface area contributed by atoms with Crippen molar-refractivity contribution in [3.8, 4) is 5.95 Å². The molecule has 1 unspecified atom stereocenters. The minimum Gasteiger partial charge on any atom is -0.368 e. The van der Waals surface area contributed by atoms with Gasteiger partial charge in [0.15, 0.2) is 0 Å². The molecule has 0 saturated carbocycles. The van der Waals surface area contributed by atoms with Crippen molar-refractivity contribution < 1.29 is 0 Å². The van der Waals surface area contributed by atoms with E-state index in [1.54, 1.807) is 23.3 Å². The molecule has 2 N–H and O–H groups in total. The molecule has 3 heterocycles. The van der Waals surface area contributed by atoms with Gasteiger partial charge in [-0.15, -0.1) is 0 Å². The highest BCUT2D eigenvalue weighted by atomic mass is 15.3. The van der Waals surface area contributed by atoms with Crippen LogP contribution in [0.15, 0.2) is 18.7 Å². The zero-order valence-electron chi connectivity index (χ0n) is 12.7. The predicted molar refractivity (Wildman–Crippen MR) is 81.1 cm³/mol. The Kier molecular flexibility index (Phi) is 3.27. The number of nitrogen functional groups attached to an aromatic ring is 1. The van der Waals surface area contributed by atoms with Crippen molar-refractivity contribution >= 4 is 11.9 Å². The molecular formula is C14H21N7. The standard InChI is InChI=1S/C14H21N7/c1-14(2,3)10-4-6-20(8-10)12-17-11(15)18-13(19-12)21-7-5-16-9-21/h5,7,9-10H,4,6,8H2,1-3H3,(H2,15,17,18,19). The lowest BCUT2D eigenvalue weighted by Gasteiger charge is -2.27. The topological polar surface area (TPSA) is 85.8 Å². The minimum absolute atomic E-state index is 0.239. The van der Waals surface area contributed by atoms with Gasteiger partial charge in [-0.2, -0.15) is 15.0 Å². The highest BCUT2D eigenvalue weighted by Gasteiger charge is 2.33. The monoisotopic (exact) mass is 287 g/mol. The van der Waals surface area contributed by atoms with Crippen LogP contribution in [0, 0.1) is 11.3 Å². The fourth-order valence-electron chi connectivity index (χ4n) is 2.65. The normalized spacial score (nSPS) is 19.2. The van der Waals surface area contributed by atoms with Crippen LogP contribution in [-0.2, 0) is 0 Å². The molecule has 1 fully saturated rings. The molecule has 0 aromatic carbocycles. The number of imidazole rings is 1. The summed E-state index contributed by atoms with van der Waals surface area (Å²) in [5.41, 5.74) is 6.12. The molecule has 0 bridgehead atoms. The molecule has 1 saturated heterocycles. The second kappa shape index (κ2) is 4.98. The Labute approximate surface area is 124 Å². The third kappa shape index (κ3) is 2.81. The van der Waals surface area contributed by atoms with Crippen LogP contribution in [0.5, 0.6) is 0 Å². The van der Waals surface area contributed by atoms with E-state index in [9.17, 15) is 0 Å². The van der Waals surface area contributed by atoms with E-state index in [4.69, 9.17) is 5.73 Å². The number of rotatable bonds is 2. The molecule has 0 amide bonds. The Morgan fingerprint density at radius 2 is 1.95 bits per heavy atom. The van der Waals surface area contributed by atoms with E-state index in [2.05, 4.69) is 45.6 Å². The fourth-order valence-corrected chi connectivity index (χ4v) is 2.65. The van der Waals surface area contributed by atoms with Crippen molar-refractivity contribution in [2.75, 3.05) is 23.7 Å². The molecule has 1 atom stereocenters. The Bertz CT molecular complexity index is 615. The Hall–Kier alpha value is -2.18. The quantitative estimate of drug-likeness (QED) is 0.901. The van der Waals surface area contributed by atoms with Crippen LogP contribution in [-0.4, -0.2) is 37.6 Å². The number of nitrogens with two attached hydrogens (primary N) is 1. The van der Waals surface area contributed by atoms with Gasteiger partial charge in [-0.1, -0.05) is 20.8 Å². The molecule has 1 aliphatic rings. The molecule has 0 aliphatic carbocycles. The Morgan fingerprint density at radius 3 is 2.57 bits per heavy atom. The number of hydrogen-bond acceptors (Lipinski definition) is 6. The number of anilines is 2. The first-order valence-corrected chi connectivity index (χ1v) is 7.18. The Morgan fingerprint density at radius 1 is 1.19 bits per heavy atom. The van der Waals surface area contributed by atoms with Gasteiger partial charge in [-0.3, -0.25) is 4.57 Å². The van der Waals surface area contributed by atoms with E-state index in [1.165, 1.54) is 0 Å². The van der Waals surface area contributed by atoms with E-state index in [1.807, 2.05) is 0 Å². The third-order valence-electron chi connectivity index (χ3n) is 4.06. The Balaban J connectivity index is 1.87. The largest absolute Gasteiger partial charge is 0.368 e. The van der Waals surface area contributed by atoms with E-state index in [-0.39, 0.29) is 5.95 Å². The maximum atomic E-state index is 5.83. The average molecular weight is 287 g/mol. The van der Waals surface area contributed by atoms with Crippen molar-refractivity contribution in [2.45, 2.75) is 27.2 Å². The van der Waals surface area contributed by atoms with Crippen LogP contribution in [0.1, 0.15) is 27.2 Å². The molecule has 1 aliphatic heterocycles. The summed E-state index contributed by atoms with van der Waals surface area (Å²) in [5.74, 6) is 2.03. The number of aromatic nitrogens is 5. The molecule has 112 valence electrons. The van der Waals surface area contributed by atoms with Gasteiger partial charge in [0.05, 0.1) is 0 Å². The maximum absolute atomic E-state index is 5.83. The van der Waals surface area contributed by atoms with E-state index < -0.39 is 0 Å². The second-order valence-corrected chi connectivity index (χ2v) is 6.56. The summed E-state index contributed by atoms with van der Waals surface area (Å²) in [6.07, 6.45) is 6.28. The van der Waals surface area contributed by atoms with Crippen molar-refractivity contribution in [1.82, 2.24) is 24.5 Å². The van der Waals surface area contributed by atoms with E-state index in [0.29, 0.717) is 23.2 Å². The molecule has 7 heteroatoms. The summed E-state index contributed by atoms with van der Waals surface area (Å²) < 4.78 is 1.73. The van der Waals surface area contributed by atoms with Crippen LogP contribution in [0.25, 0.3) is 5.95 Å². The molecule has 2 aromatic heterocycles. The smallest absolute Gasteiger partial charge is 0.241 e. The predicted octanol–water partition coefficient (Wildman–Crippen LogP) is 1.51. The van der Waals surface area contributed by atoms with E-state index >= 15 is 0 Å². The summed E-state index contributed by atoms with van der Waals surface area (Å²) in [4.78, 5) is 19.2. The van der Waals surface area contributed by atoms with Crippen molar-refractivity contribution in [3.05, 3.63) is 18.7 Å². The van der Waals surface area contributed by atoms with Gasteiger partial charge in [0.2, 0.25) is 17.8 Å². The van der Waals surface area contributed by atoms with Gasteiger partial charge >= 0.3 is 0 Å². The van der Waals surface area contributed by atoms with Gasteiger partial charge in [-0.25, -0.2) is 4.98 Å². The zero-order chi connectivity index (χ0) is 15.0. The average Bonchev–Trinajstić information content (AvgIpc) is 3.09. The number of nitrogens with zero attached hydrogens (tertiary/aromatic N) is 6. The first-order chi connectivity index (χ1) is 9.93. The lowest BCUT2D eigenvalue weighted by Crippen LogP contribution is -2.27. The summed E-state index contributed by atoms with van der Waals surface area (Å²) >= 11 is 0. The lowest BCUT2D eigenvalue weighted by atomic mass is 9.80. The molecule has 7 nitrogen and oxygen atoms in total. The molecule has 21 heavy (non-hydrogen) atoms. The highest BCUT2D eigenvalue weighted by molar-refractivity contribution is 5.39. The summed E-state index contributed by atoms with van der Waals surface area (Å²) in [6.45, 7) is 8.74. The second-order valence-electron chi connectivity index (χ2n) is 6.56. The van der Waals surface area contributed by atoms with Crippen molar-refractivity contribution in [2.24, 2.45) is 11.3 Å². The molecular weight excluding hydrogens is 266 g/mol. The van der Waals surface area contributed by atoms with Crippen LogP contribution >= 0.6 is 0 Å². The molecule has 0 spiro atoms. The van der Waals surface area contributed by atoms with Crippen molar-refractivity contribution in [3.63, 3.8) is 0 Å². The third-order valence-corrected chi connectivity index (χ3v) is 4.06. The molecule has 0 radical (unpaired) electrons. The van der Waals surface area contributed by atoms with Gasteiger partial charge in [0.25, 0.3) is 0 Å². The zero-order valence-corrected chi connectivity index (χ0v) is 12.7. The fraction of sp³-hybridized carbons (Fsp3) is 0.571. The van der Waals surface area contributed by atoms with Gasteiger partial charge < -0.3 is 10.6 Å². The summed E-state index contributed by atoms with van der Waals surface area (Å²) in [6, 6.07) is 0. The summed E-state index contributed by atoms with van der Waals surface area (Å²) in [5, 5.41) is 0. The summed E-state index contributed by atoms with van der Waals surface area (Å²) in [7, 11) is 0. The van der Waals surface area contributed by atoms with Crippen LogP contribution in [0.2, 0.25) is 0 Å². The first-order valence-electron chi connectivity index (χ1n) is 7.18. The highest BCUT2D eigenvalue weighted by Crippen LogP contribution is 2.34. The van der Waals surface area contributed by atoms with Crippen molar-refractivity contribution in [1.29, 1.82) is 0 Å². The molecule has 2 aromatic rings. The SMILES string of the molecule is CC(C)(C)C1CCN(c2nc(N)nc(-n3ccnc3)n2)C1. The van der Waals surface area contributed by atoms with Crippen LogP contribution in [0.4, 0.5) is 11.9 Å².